The van der Waals surface area contributed by atoms with E-state index in [1.807, 2.05) is 30.3 Å². The molecule has 0 aliphatic heterocycles. The minimum atomic E-state index is -3.42. The molecule has 0 spiro atoms. The van der Waals surface area contributed by atoms with E-state index in [1.54, 1.807) is 12.1 Å². The summed E-state index contributed by atoms with van der Waals surface area (Å²) in [6.45, 7) is 0. The molecule has 2 aromatic rings. The van der Waals surface area contributed by atoms with Crippen LogP contribution in [-0.4, -0.2) is 19.9 Å². The Bertz CT molecular complexity index is 737. The molecule has 0 unspecified atom stereocenters. The van der Waals surface area contributed by atoms with Gasteiger partial charge in [0.05, 0.1) is 4.90 Å². The van der Waals surface area contributed by atoms with Gasteiger partial charge in [0.1, 0.15) is 0 Å². The molecular formula is C15H13ClO3S. The quantitative estimate of drug-likeness (QED) is 0.816. The van der Waals surface area contributed by atoms with Gasteiger partial charge in [0.25, 0.3) is 5.24 Å². The summed E-state index contributed by atoms with van der Waals surface area (Å²) in [5, 5.41) is -0.666. The molecule has 2 aromatic carbocycles. The molecule has 3 nitrogen and oxygen atoms in total. The van der Waals surface area contributed by atoms with Crippen LogP contribution in [0.1, 0.15) is 21.5 Å². The molecule has 0 fully saturated rings. The number of rotatable bonds is 4. The first kappa shape index (κ1) is 14.8. The van der Waals surface area contributed by atoms with Crippen LogP contribution in [0.3, 0.4) is 0 Å². The Labute approximate surface area is 123 Å². The molecule has 0 N–H and O–H groups in total. The Hall–Kier alpha value is -1.65. The van der Waals surface area contributed by atoms with E-state index in [2.05, 4.69) is 0 Å². The van der Waals surface area contributed by atoms with Crippen LogP contribution < -0.4 is 0 Å². The van der Waals surface area contributed by atoms with Gasteiger partial charge in [-0.3, -0.25) is 4.79 Å². The highest BCUT2D eigenvalue weighted by Crippen LogP contribution is 2.22. The van der Waals surface area contributed by atoms with Gasteiger partial charge >= 0.3 is 0 Å². The summed E-state index contributed by atoms with van der Waals surface area (Å²) in [5.41, 5.74) is 1.84. The van der Waals surface area contributed by atoms with Crippen molar-refractivity contribution in [2.45, 2.75) is 11.3 Å². The zero-order valence-corrected chi connectivity index (χ0v) is 12.4. The number of carbonyl (C=O) groups is 1. The summed E-state index contributed by atoms with van der Waals surface area (Å²) in [6, 6.07) is 14.1. The van der Waals surface area contributed by atoms with Crippen molar-refractivity contribution in [3.05, 3.63) is 65.2 Å². The summed E-state index contributed by atoms with van der Waals surface area (Å²) in [4.78, 5) is 11.3. The largest absolute Gasteiger partial charge is 0.276 e. The Balaban J connectivity index is 2.50. The molecule has 20 heavy (non-hydrogen) atoms. The fraction of sp³-hybridized carbons (Fsp3) is 0.133. The maximum absolute atomic E-state index is 11.9. The van der Waals surface area contributed by atoms with Crippen LogP contribution in [0.25, 0.3) is 0 Å². The number of benzene rings is 2. The third kappa shape index (κ3) is 3.46. The molecule has 0 aromatic heterocycles. The van der Waals surface area contributed by atoms with Crippen molar-refractivity contribution >= 4 is 26.7 Å². The highest BCUT2D eigenvalue weighted by Gasteiger charge is 2.16. The van der Waals surface area contributed by atoms with Crippen molar-refractivity contribution in [3.63, 3.8) is 0 Å². The minimum absolute atomic E-state index is 0.146. The summed E-state index contributed by atoms with van der Waals surface area (Å²) in [6.07, 6.45) is 1.61. The second-order valence-corrected chi connectivity index (χ2v) is 6.86. The van der Waals surface area contributed by atoms with Gasteiger partial charge in [0, 0.05) is 11.8 Å². The minimum Gasteiger partial charge on any atom is -0.276 e. The molecule has 0 aliphatic carbocycles. The van der Waals surface area contributed by atoms with Gasteiger partial charge in [-0.05, 0) is 41.3 Å². The van der Waals surface area contributed by atoms with Crippen molar-refractivity contribution < 1.29 is 13.2 Å². The van der Waals surface area contributed by atoms with Crippen LogP contribution in [-0.2, 0) is 16.3 Å². The zero-order chi connectivity index (χ0) is 14.8. The molecule has 0 radical (unpaired) electrons. The second-order valence-electron chi connectivity index (χ2n) is 4.53. The van der Waals surface area contributed by atoms with Crippen molar-refractivity contribution in [2.75, 3.05) is 6.26 Å². The smallest absolute Gasteiger partial charge is 0.252 e. The first-order valence-corrected chi connectivity index (χ1v) is 8.21. The topological polar surface area (TPSA) is 51.2 Å². The molecule has 5 heteroatoms. The first-order chi connectivity index (χ1) is 9.38. The lowest BCUT2D eigenvalue weighted by atomic mass is 10.0. The van der Waals surface area contributed by atoms with Crippen LogP contribution in [0.15, 0.2) is 53.4 Å². The van der Waals surface area contributed by atoms with Crippen molar-refractivity contribution in [2.24, 2.45) is 0 Å². The number of hydrogen-bond acceptors (Lipinski definition) is 3. The normalized spacial score (nSPS) is 11.3. The van der Waals surface area contributed by atoms with Gasteiger partial charge in [0.2, 0.25) is 0 Å². The Kier molecular flexibility index (Phi) is 4.26. The number of carbonyl (C=O) groups excluding carboxylic acids is 1. The second kappa shape index (κ2) is 5.77. The SMILES string of the molecule is CS(=O)(=O)c1cc(C(=O)Cl)ccc1Cc1ccccc1. The van der Waals surface area contributed by atoms with Crippen molar-refractivity contribution in [1.82, 2.24) is 0 Å². The van der Waals surface area contributed by atoms with Gasteiger partial charge in [-0.15, -0.1) is 0 Å². The number of halogens is 1. The highest BCUT2D eigenvalue weighted by atomic mass is 35.5. The van der Waals surface area contributed by atoms with Gasteiger partial charge < -0.3 is 0 Å². The van der Waals surface area contributed by atoms with Crippen LogP contribution in [0.2, 0.25) is 0 Å². The Morgan fingerprint density at radius 3 is 2.30 bits per heavy atom. The number of sulfone groups is 1. The predicted octanol–water partition coefficient (Wildman–Crippen LogP) is 3.06. The van der Waals surface area contributed by atoms with E-state index >= 15 is 0 Å². The van der Waals surface area contributed by atoms with Crippen LogP contribution in [0.5, 0.6) is 0 Å². The van der Waals surface area contributed by atoms with Crippen molar-refractivity contribution in [3.8, 4) is 0 Å². The number of hydrogen-bond donors (Lipinski definition) is 0. The van der Waals surface area contributed by atoms with E-state index < -0.39 is 15.1 Å². The highest BCUT2D eigenvalue weighted by molar-refractivity contribution is 7.90. The molecule has 0 saturated heterocycles. The lowest BCUT2D eigenvalue weighted by Crippen LogP contribution is -2.05. The average molecular weight is 309 g/mol. The molecule has 0 saturated carbocycles. The van der Waals surface area contributed by atoms with E-state index in [0.717, 1.165) is 11.8 Å². The molecule has 0 amide bonds. The molecule has 2 rings (SSSR count). The molecule has 0 bridgehead atoms. The third-order valence-electron chi connectivity index (χ3n) is 2.93. The maximum atomic E-state index is 11.9. The van der Waals surface area contributed by atoms with Crippen LogP contribution >= 0.6 is 11.6 Å². The molecule has 0 atom stereocenters. The van der Waals surface area contributed by atoms with Gasteiger partial charge in [-0.1, -0.05) is 36.4 Å². The van der Waals surface area contributed by atoms with Gasteiger partial charge in [-0.25, -0.2) is 8.42 Å². The van der Waals surface area contributed by atoms with E-state index in [1.165, 1.54) is 6.07 Å². The predicted molar refractivity (Wildman–Crippen MR) is 79.0 cm³/mol. The maximum Gasteiger partial charge on any atom is 0.252 e. The fourth-order valence-electron chi connectivity index (χ4n) is 1.98. The summed E-state index contributed by atoms with van der Waals surface area (Å²) >= 11 is 5.40. The summed E-state index contributed by atoms with van der Waals surface area (Å²) < 4.78 is 23.7. The Morgan fingerprint density at radius 1 is 1.10 bits per heavy atom. The first-order valence-electron chi connectivity index (χ1n) is 5.94. The molecule has 104 valence electrons. The van der Waals surface area contributed by atoms with Gasteiger partial charge in [0.15, 0.2) is 9.84 Å². The molecular weight excluding hydrogens is 296 g/mol. The lowest BCUT2D eigenvalue weighted by molar-refractivity contribution is 0.108. The monoisotopic (exact) mass is 308 g/mol. The van der Waals surface area contributed by atoms with E-state index in [9.17, 15) is 13.2 Å². The standard InChI is InChI=1S/C15H13ClO3S/c1-20(18,19)14-10-13(15(16)17)8-7-12(14)9-11-5-3-2-4-6-11/h2-8,10H,9H2,1H3. The van der Waals surface area contributed by atoms with E-state index in [0.29, 0.717) is 12.0 Å². The van der Waals surface area contributed by atoms with Gasteiger partial charge in [-0.2, -0.15) is 0 Å². The zero-order valence-electron chi connectivity index (χ0n) is 10.8. The van der Waals surface area contributed by atoms with Crippen LogP contribution in [0.4, 0.5) is 0 Å². The van der Waals surface area contributed by atoms with Crippen molar-refractivity contribution in [1.29, 1.82) is 0 Å². The fourth-order valence-corrected chi connectivity index (χ4v) is 3.06. The summed E-state index contributed by atoms with van der Waals surface area (Å²) in [5.74, 6) is 0. The average Bonchev–Trinajstić information content (AvgIpc) is 2.39. The Morgan fingerprint density at radius 2 is 1.75 bits per heavy atom. The lowest BCUT2D eigenvalue weighted by Gasteiger charge is -2.09. The third-order valence-corrected chi connectivity index (χ3v) is 4.33. The van der Waals surface area contributed by atoms with Crippen LogP contribution in [0, 0.1) is 0 Å². The molecule has 0 aliphatic rings. The molecule has 0 heterocycles. The van der Waals surface area contributed by atoms with E-state index in [-0.39, 0.29) is 10.5 Å². The van der Waals surface area contributed by atoms with E-state index in [4.69, 9.17) is 11.6 Å². The summed E-state index contributed by atoms with van der Waals surface area (Å²) in [7, 11) is -3.42.